The lowest BCUT2D eigenvalue weighted by Gasteiger charge is -2.41. The molecule has 0 bridgehead atoms. The van der Waals surface area contributed by atoms with E-state index in [1.165, 1.54) is 25.7 Å². The van der Waals surface area contributed by atoms with E-state index in [4.69, 9.17) is 0 Å². The third-order valence-electron chi connectivity index (χ3n) is 4.47. The average Bonchev–Trinajstić information content (AvgIpc) is 2.88. The second-order valence-corrected chi connectivity index (χ2v) is 5.52. The van der Waals surface area contributed by atoms with Crippen LogP contribution in [0, 0.1) is 5.41 Å². The van der Waals surface area contributed by atoms with Gasteiger partial charge in [0.15, 0.2) is 11.8 Å². The molecule has 2 N–H and O–H groups in total. The highest BCUT2D eigenvalue weighted by Gasteiger charge is 2.34. The lowest BCUT2D eigenvalue weighted by atomic mass is 9.67. The molecule has 1 aromatic rings. The van der Waals surface area contributed by atoms with Crippen LogP contribution in [0.15, 0.2) is 11.3 Å². The number of nitrogens with one attached hydrogen (secondary N) is 2. The summed E-state index contributed by atoms with van der Waals surface area (Å²) in [5.74, 6) is 1.78. The smallest absolute Gasteiger partial charge is 0.191 e. The van der Waals surface area contributed by atoms with Gasteiger partial charge in [0, 0.05) is 20.1 Å². The molecule has 1 saturated carbocycles. The van der Waals surface area contributed by atoms with Crippen LogP contribution in [0.4, 0.5) is 0 Å². The highest BCUT2D eigenvalue weighted by molar-refractivity contribution is 5.79. The molecular formula is C14H26N6. The maximum Gasteiger partial charge on any atom is 0.191 e. The van der Waals surface area contributed by atoms with Gasteiger partial charge >= 0.3 is 0 Å². The molecule has 0 aliphatic heterocycles. The largest absolute Gasteiger partial charge is 0.356 e. The number of hydrogen-bond acceptors (Lipinski definition) is 3. The van der Waals surface area contributed by atoms with E-state index in [2.05, 4.69) is 39.7 Å². The van der Waals surface area contributed by atoms with Gasteiger partial charge in [0.25, 0.3) is 0 Å². The van der Waals surface area contributed by atoms with Crippen LogP contribution in [0.3, 0.4) is 0 Å². The Morgan fingerprint density at radius 1 is 1.40 bits per heavy atom. The van der Waals surface area contributed by atoms with Crippen molar-refractivity contribution in [3.63, 3.8) is 0 Å². The van der Waals surface area contributed by atoms with E-state index in [1.54, 1.807) is 13.4 Å². The van der Waals surface area contributed by atoms with Gasteiger partial charge in [-0.05, 0) is 31.6 Å². The van der Waals surface area contributed by atoms with Crippen molar-refractivity contribution in [3.8, 4) is 0 Å². The average molecular weight is 278 g/mol. The minimum absolute atomic E-state index is 0.487. The third-order valence-corrected chi connectivity index (χ3v) is 4.47. The van der Waals surface area contributed by atoms with Gasteiger partial charge in [0.1, 0.15) is 6.33 Å². The van der Waals surface area contributed by atoms with Gasteiger partial charge in [-0.25, -0.2) is 0 Å². The number of aromatic nitrogens is 3. The first-order valence-corrected chi connectivity index (χ1v) is 7.54. The molecule has 0 amide bonds. The number of hydrogen-bond donors (Lipinski definition) is 2. The highest BCUT2D eigenvalue weighted by atomic mass is 15.3. The standard InChI is InChI=1S/C14H26N6/c1-4-14(7-6-8-14)10-17-13(15-3)16-9-12-19-18-11-20(12)5-2/h11H,4-10H2,1-3H3,(H2,15,16,17). The Kier molecular flexibility index (Phi) is 4.98. The van der Waals surface area contributed by atoms with Crippen molar-refractivity contribution in [2.75, 3.05) is 13.6 Å². The molecule has 6 heteroatoms. The van der Waals surface area contributed by atoms with Crippen molar-refractivity contribution in [2.24, 2.45) is 10.4 Å². The first-order chi connectivity index (χ1) is 9.73. The molecule has 1 heterocycles. The summed E-state index contributed by atoms with van der Waals surface area (Å²) in [4.78, 5) is 4.28. The summed E-state index contributed by atoms with van der Waals surface area (Å²) in [5, 5.41) is 14.8. The van der Waals surface area contributed by atoms with Crippen LogP contribution in [-0.2, 0) is 13.1 Å². The van der Waals surface area contributed by atoms with Crippen molar-refractivity contribution in [1.29, 1.82) is 0 Å². The van der Waals surface area contributed by atoms with Crippen LogP contribution >= 0.6 is 0 Å². The van der Waals surface area contributed by atoms with E-state index in [-0.39, 0.29) is 0 Å². The van der Waals surface area contributed by atoms with Gasteiger partial charge in [0.05, 0.1) is 6.54 Å². The third kappa shape index (κ3) is 3.29. The normalized spacial score (nSPS) is 17.6. The Labute approximate surface area is 121 Å². The zero-order valence-corrected chi connectivity index (χ0v) is 12.8. The van der Waals surface area contributed by atoms with E-state index in [9.17, 15) is 0 Å². The van der Waals surface area contributed by atoms with Crippen LogP contribution in [0.25, 0.3) is 0 Å². The molecule has 1 aliphatic carbocycles. The van der Waals surface area contributed by atoms with E-state index in [0.717, 1.165) is 24.9 Å². The summed E-state index contributed by atoms with van der Waals surface area (Å²) < 4.78 is 2.03. The minimum Gasteiger partial charge on any atom is -0.356 e. The fourth-order valence-electron chi connectivity index (χ4n) is 2.67. The predicted molar refractivity (Wildman–Crippen MR) is 80.5 cm³/mol. The molecule has 112 valence electrons. The number of aliphatic imine (C=N–C) groups is 1. The first kappa shape index (κ1) is 14.8. The van der Waals surface area contributed by atoms with Crippen molar-refractivity contribution in [2.45, 2.75) is 52.6 Å². The van der Waals surface area contributed by atoms with E-state index >= 15 is 0 Å². The summed E-state index contributed by atoms with van der Waals surface area (Å²) in [5.41, 5.74) is 0.487. The van der Waals surface area contributed by atoms with E-state index in [0.29, 0.717) is 12.0 Å². The van der Waals surface area contributed by atoms with Crippen LogP contribution < -0.4 is 10.6 Å². The Morgan fingerprint density at radius 2 is 2.20 bits per heavy atom. The van der Waals surface area contributed by atoms with Gasteiger partial charge in [-0.3, -0.25) is 4.99 Å². The van der Waals surface area contributed by atoms with Gasteiger partial charge in [-0.2, -0.15) is 0 Å². The monoisotopic (exact) mass is 278 g/mol. The van der Waals surface area contributed by atoms with Crippen LogP contribution in [0.5, 0.6) is 0 Å². The molecule has 0 spiro atoms. The quantitative estimate of drug-likeness (QED) is 0.612. The summed E-state index contributed by atoms with van der Waals surface area (Å²) in [6, 6.07) is 0. The zero-order chi connectivity index (χ0) is 14.4. The summed E-state index contributed by atoms with van der Waals surface area (Å²) in [6.45, 7) is 6.90. The van der Waals surface area contributed by atoms with Gasteiger partial charge < -0.3 is 15.2 Å². The van der Waals surface area contributed by atoms with Crippen molar-refractivity contribution < 1.29 is 0 Å². The molecule has 0 radical (unpaired) electrons. The molecule has 0 atom stereocenters. The molecule has 1 aromatic heterocycles. The lowest BCUT2D eigenvalue weighted by molar-refractivity contribution is 0.131. The molecule has 0 unspecified atom stereocenters. The van der Waals surface area contributed by atoms with Crippen LogP contribution in [0.1, 0.15) is 45.4 Å². The molecule has 20 heavy (non-hydrogen) atoms. The molecule has 1 aliphatic rings. The first-order valence-electron chi connectivity index (χ1n) is 7.54. The van der Waals surface area contributed by atoms with Gasteiger partial charge in [0.2, 0.25) is 0 Å². The van der Waals surface area contributed by atoms with Gasteiger partial charge in [-0.1, -0.05) is 13.3 Å². The van der Waals surface area contributed by atoms with Crippen LogP contribution in [-0.4, -0.2) is 34.3 Å². The molecule has 1 fully saturated rings. The van der Waals surface area contributed by atoms with Crippen molar-refractivity contribution >= 4 is 5.96 Å². The van der Waals surface area contributed by atoms with E-state index in [1.807, 2.05) is 4.57 Å². The highest BCUT2D eigenvalue weighted by Crippen LogP contribution is 2.42. The van der Waals surface area contributed by atoms with Crippen molar-refractivity contribution in [1.82, 2.24) is 25.4 Å². The Balaban J connectivity index is 1.81. The molecule has 2 rings (SSSR count). The molecule has 0 saturated heterocycles. The van der Waals surface area contributed by atoms with E-state index < -0.39 is 0 Å². The van der Waals surface area contributed by atoms with Crippen molar-refractivity contribution in [3.05, 3.63) is 12.2 Å². The fourth-order valence-corrected chi connectivity index (χ4v) is 2.67. The number of rotatable bonds is 6. The SMILES string of the molecule is CCn1cnnc1CNC(=NC)NCC1(CC)CCC1. The Hall–Kier alpha value is -1.59. The van der Waals surface area contributed by atoms with Gasteiger partial charge in [-0.15, -0.1) is 10.2 Å². The summed E-state index contributed by atoms with van der Waals surface area (Å²) in [7, 11) is 1.80. The number of aryl methyl sites for hydroxylation is 1. The van der Waals surface area contributed by atoms with Crippen LogP contribution in [0.2, 0.25) is 0 Å². The second-order valence-electron chi connectivity index (χ2n) is 5.52. The summed E-state index contributed by atoms with van der Waals surface area (Å²) >= 11 is 0. The fraction of sp³-hybridized carbons (Fsp3) is 0.786. The molecular weight excluding hydrogens is 252 g/mol. The predicted octanol–water partition coefficient (Wildman–Crippen LogP) is 1.54. The molecule has 0 aromatic carbocycles. The topological polar surface area (TPSA) is 67.1 Å². The Morgan fingerprint density at radius 3 is 2.75 bits per heavy atom. The summed E-state index contributed by atoms with van der Waals surface area (Å²) in [6.07, 6.45) is 7.02. The minimum atomic E-state index is 0.487. The Bertz CT molecular complexity index is 441. The zero-order valence-electron chi connectivity index (χ0n) is 12.8. The molecule has 6 nitrogen and oxygen atoms in total. The maximum absolute atomic E-state index is 4.28. The number of nitrogens with zero attached hydrogens (tertiary/aromatic N) is 4. The number of guanidine groups is 1. The maximum atomic E-state index is 4.28. The second kappa shape index (κ2) is 6.72. The lowest BCUT2D eigenvalue weighted by Crippen LogP contribution is -2.46.